The molecule has 2 unspecified atom stereocenters. The van der Waals surface area contributed by atoms with E-state index in [-0.39, 0.29) is 24.3 Å². The zero-order valence-electron chi connectivity index (χ0n) is 19.7. The lowest BCUT2D eigenvalue weighted by Crippen LogP contribution is -2.51. The van der Waals surface area contributed by atoms with Gasteiger partial charge in [0.1, 0.15) is 6.23 Å². The Labute approximate surface area is 202 Å². The molecule has 3 heterocycles. The molecule has 2 aromatic rings. The van der Waals surface area contributed by atoms with Crippen LogP contribution in [0.2, 0.25) is 0 Å². The zero-order chi connectivity index (χ0) is 24.8. The summed E-state index contributed by atoms with van der Waals surface area (Å²) in [7, 11) is 0. The third-order valence-electron chi connectivity index (χ3n) is 6.47. The average Bonchev–Trinajstić information content (AvgIpc) is 3.30. The lowest BCUT2D eigenvalue weighted by molar-refractivity contribution is -0.141. The Bertz CT molecular complexity index is 1180. The minimum absolute atomic E-state index is 0.0558. The number of benzene rings is 1. The molecule has 34 heavy (non-hydrogen) atoms. The van der Waals surface area contributed by atoms with E-state index in [1.54, 1.807) is 17.0 Å². The number of piperidine rings is 1. The number of rotatable bonds is 5. The quantitative estimate of drug-likeness (QED) is 0.342. The van der Waals surface area contributed by atoms with Gasteiger partial charge in [-0.3, -0.25) is 29.4 Å². The van der Waals surface area contributed by atoms with E-state index in [1.807, 2.05) is 18.4 Å². The molecule has 0 aliphatic carbocycles. The van der Waals surface area contributed by atoms with Crippen molar-refractivity contribution in [2.75, 3.05) is 0 Å². The Morgan fingerprint density at radius 1 is 1.26 bits per heavy atom. The highest BCUT2D eigenvalue weighted by atomic mass is 32.1. The summed E-state index contributed by atoms with van der Waals surface area (Å²) in [5.74, 6) is -2.00. The molecule has 0 saturated carbocycles. The van der Waals surface area contributed by atoms with Gasteiger partial charge in [0.25, 0.3) is 5.91 Å². The van der Waals surface area contributed by atoms with Gasteiger partial charge in [-0.2, -0.15) is 0 Å². The first-order chi connectivity index (χ1) is 16.0. The van der Waals surface area contributed by atoms with Crippen molar-refractivity contribution in [3.8, 4) is 0 Å². The standard InChI is InChI=1S/C25H29N3O5S/c1-13-9-14(5-6-17(13)25(2,3)4)21(30)23(32)26-10-19-15-11-28(24(33)16(15)12-34-19)18-7-8-20(29)27-22(18)31/h5-6,9,12,18,24,33H,7-8,10-11H2,1-4H3,(H,26,32)(H,27,29,31). The molecule has 1 saturated heterocycles. The molecule has 2 atom stereocenters. The SMILES string of the molecule is Cc1cc(C(=O)C(=O)NCc2scc3c2CN(C2CCC(=O)NC2=O)C3O)ccc1C(C)(C)C. The van der Waals surface area contributed by atoms with E-state index in [2.05, 4.69) is 31.4 Å². The first kappa shape index (κ1) is 24.3. The Morgan fingerprint density at radius 2 is 2.00 bits per heavy atom. The molecule has 4 rings (SSSR count). The fourth-order valence-electron chi connectivity index (χ4n) is 4.73. The molecule has 1 aromatic heterocycles. The van der Waals surface area contributed by atoms with Crippen LogP contribution in [0.1, 0.15) is 77.3 Å². The number of hydrogen-bond donors (Lipinski definition) is 3. The van der Waals surface area contributed by atoms with Crippen LogP contribution in [0.5, 0.6) is 0 Å². The minimum atomic E-state index is -0.953. The van der Waals surface area contributed by atoms with Crippen LogP contribution in [-0.4, -0.2) is 39.6 Å². The van der Waals surface area contributed by atoms with E-state index in [9.17, 15) is 24.3 Å². The number of Topliss-reactive ketones (excluding diaryl/α,β-unsaturated/α-hetero) is 1. The van der Waals surface area contributed by atoms with Gasteiger partial charge in [0.05, 0.1) is 12.6 Å². The third-order valence-corrected chi connectivity index (χ3v) is 7.52. The number of imide groups is 1. The second kappa shape index (κ2) is 9.05. The van der Waals surface area contributed by atoms with E-state index in [0.29, 0.717) is 24.1 Å². The monoisotopic (exact) mass is 483 g/mol. The van der Waals surface area contributed by atoms with E-state index in [4.69, 9.17) is 0 Å². The summed E-state index contributed by atoms with van der Waals surface area (Å²) < 4.78 is 0. The van der Waals surface area contributed by atoms with Crippen LogP contribution in [0.4, 0.5) is 0 Å². The highest BCUT2D eigenvalue weighted by molar-refractivity contribution is 7.10. The summed E-state index contributed by atoms with van der Waals surface area (Å²) >= 11 is 1.39. The van der Waals surface area contributed by atoms with Crippen molar-refractivity contribution in [1.29, 1.82) is 0 Å². The minimum Gasteiger partial charge on any atom is -0.374 e. The normalized spacial score (nSPS) is 20.7. The Kier molecular flexibility index (Phi) is 6.46. The number of nitrogens with zero attached hydrogens (tertiary/aromatic N) is 1. The lowest BCUT2D eigenvalue weighted by Gasteiger charge is -2.31. The van der Waals surface area contributed by atoms with Crippen molar-refractivity contribution >= 4 is 34.8 Å². The van der Waals surface area contributed by atoms with Gasteiger partial charge in [0.15, 0.2) is 0 Å². The number of nitrogens with one attached hydrogen (secondary N) is 2. The second-order valence-corrected chi connectivity index (χ2v) is 10.9. The van der Waals surface area contributed by atoms with Crippen molar-refractivity contribution in [2.24, 2.45) is 0 Å². The van der Waals surface area contributed by atoms with Crippen molar-refractivity contribution in [1.82, 2.24) is 15.5 Å². The molecule has 8 nitrogen and oxygen atoms in total. The smallest absolute Gasteiger partial charge is 0.292 e. The van der Waals surface area contributed by atoms with Crippen LogP contribution in [0, 0.1) is 6.92 Å². The number of ketones is 1. The highest BCUT2D eigenvalue weighted by Crippen LogP contribution is 2.40. The van der Waals surface area contributed by atoms with Crippen molar-refractivity contribution in [2.45, 2.75) is 71.3 Å². The molecule has 0 bridgehead atoms. The van der Waals surface area contributed by atoms with E-state index in [0.717, 1.165) is 21.6 Å². The fraction of sp³-hybridized carbons (Fsp3) is 0.440. The highest BCUT2D eigenvalue weighted by Gasteiger charge is 2.41. The van der Waals surface area contributed by atoms with Gasteiger partial charge < -0.3 is 10.4 Å². The van der Waals surface area contributed by atoms with E-state index < -0.39 is 29.9 Å². The van der Waals surface area contributed by atoms with Crippen molar-refractivity contribution in [3.05, 3.63) is 56.3 Å². The molecule has 0 radical (unpaired) electrons. The molecule has 1 fully saturated rings. The zero-order valence-corrected chi connectivity index (χ0v) is 20.5. The molecular formula is C25H29N3O5S. The summed E-state index contributed by atoms with van der Waals surface area (Å²) in [6.45, 7) is 8.71. The largest absolute Gasteiger partial charge is 0.374 e. The number of fused-ring (bicyclic) bond motifs is 1. The van der Waals surface area contributed by atoms with Gasteiger partial charge in [-0.25, -0.2) is 0 Å². The Hall–Kier alpha value is -2.88. The maximum atomic E-state index is 12.7. The number of carbonyl (C=O) groups is 4. The van der Waals surface area contributed by atoms with Gasteiger partial charge >= 0.3 is 0 Å². The van der Waals surface area contributed by atoms with Crippen molar-refractivity contribution < 1.29 is 24.3 Å². The van der Waals surface area contributed by atoms with E-state index in [1.165, 1.54) is 11.3 Å². The predicted octanol–water partition coefficient (Wildman–Crippen LogP) is 2.46. The summed E-state index contributed by atoms with van der Waals surface area (Å²) in [6.07, 6.45) is -0.373. The molecule has 2 aliphatic rings. The predicted molar refractivity (Wildman–Crippen MR) is 127 cm³/mol. The van der Waals surface area contributed by atoms with Gasteiger partial charge in [-0.15, -0.1) is 11.3 Å². The van der Waals surface area contributed by atoms with Crippen LogP contribution in [0.3, 0.4) is 0 Å². The van der Waals surface area contributed by atoms with Crippen molar-refractivity contribution in [3.63, 3.8) is 0 Å². The molecule has 1 aromatic carbocycles. The molecule has 3 amide bonds. The number of aliphatic hydroxyl groups excluding tert-OH is 1. The number of aliphatic hydroxyl groups is 1. The molecule has 180 valence electrons. The molecular weight excluding hydrogens is 454 g/mol. The maximum Gasteiger partial charge on any atom is 0.292 e. The van der Waals surface area contributed by atoms with Gasteiger partial charge in [0.2, 0.25) is 17.6 Å². The lowest BCUT2D eigenvalue weighted by atomic mass is 9.83. The number of amides is 3. The van der Waals surface area contributed by atoms with Crippen LogP contribution in [0.15, 0.2) is 23.6 Å². The van der Waals surface area contributed by atoms with Gasteiger partial charge in [-0.05, 0) is 46.9 Å². The molecule has 9 heteroatoms. The van der Waals surface area contributed by atoms with Crippen LogP contribution in [-0.2, 0) is 32.9 Å². The Balaban J connectivity index is 1.41. The number of aryl methyl sites for hydroxylation is 1. The molecule has 0 spiro atoms. The number of carbonyl (C=O) groups excluding carboxylic acids is 4. The first-order valence-corrected chi connectivity index (χ1v) is 12.2. The number of thiophene rings is 1. The van der Waals surface area contributed by atoms with Crippen LogP contribution < -0.4 is 10.6 Å². The summed E-state index contributed by atoms with van der Waals surface area (Å²) in [6, 6.07) is 4.74. The van der Waals surface area contributed by atoms with Crippen LogP contribution >= 0.6 is 11.3 Å². The van der Waals surface area contributed by atoms with E-state index >= 15 is 0 Å². The fourth-order valence-corrected chi connectivity index (χ4v) is 5.74. The number of hydrogen-bond acceptors (Lipinski definition) is 7. The molecule has 2 aliphatic heterocycles. The van der Waals surface area contributed by atoms with Crippen LogP contribution in [0.25, 0.3) is 0 Å². The third kappa shape index (κ3) is 4.55. The van der Waals surface area contributed by atoms with Gasteiger partial charge in [0, 0.05) is 29.0 Å². The average molecular weight is 484 g/mol. The summed E-state index contributed by atoms with van der Waals surface area (Å²) in [5.41, 5.74) is 3.92. The summed E-state index contributed by atoms with van der Waals surface area (Å²) in [4.78, 5) is 51.4. The van der Waals surface area contributed by atoms with Gasteiger partial charge in [-0.1, -0.05) is 32.9 Å². The first-order valence-electron chi connectivity index (χ1n) is 11.3. The second-order valence-electron chi connectivity index (χ2n) is 9.90. The molecule has 3 N–H and O–H groups in total. The summed E-state index contributed by atoms with van der Waals surface area (Å²) in [5, 5.41) is 17.6. The topological polar surface area (TPSA) is 116 Å². The maximum absolute atomic E-state index is 12.7. The Morgan fingerprint density at radius 3 is 2.65 bits per heavy atom.